The number of halogens is 1. The van der Waals surface area contributed by atoms with Crippen LogP contribution in [-0.4, -0.2) is 41.3 Å². The van der Waals surface area contributed by atoms with Crippen molar-refractivity contribution in [3.05, 3.63) is 59.1 Å². The normalized spacial score (nSPS) is 18.0. The average Bonchev–Trinajstić information content (AvgIpc) is 2.67. The van der Waals surface area contributed by atoms with Gasteiger partial charge in [0.25, 0.3) is 0 Å². The van der Waals surface area contributed by atoms with E-state index in [-0.39, 0.29) is 6.10 Å². The molecule has 140 valence electrons. The number of rotatable bonds is 4. The molecule has 1 N–H and O–H groups in total. The third-order valence-corrected chi connectivity index (χ3v) is 5.33. The Kier molecular flexibility index (Phi) is 5.30. The Morgan fingerprint density at radius 3 is 2.89 bits per heavy atom. The number of piperidine rings is 1. The smallest absolute Gasteiger partial charge is 0.128 e. The monoisotopic (exact) mass is 382 g/mol. The van der Waals surface area contributed by atoms with E-state index in [1.165, 1.54) is 0 Å². The lowest BCUT2D eigenvalue weighted by Crippen LogP contribution is -2.37. The van der Waals surface area contributed by atoms with Gasteiger partial charge in [0.15, 0.2) is 0 Å². The van der Waals surface area contributed by atoms with Crippen LogP contribution < -0.4 is 4.74 Å². The van der Waals surface area contributed by atoms with Crippen molar-refractivity contribution in [2.45, 2.75) is 25.5 Å². The molecular weight excluding hydrogens is 360 g/mol. The number of methoxy groups -OCH3 is 1. The van der Waals surface area contributed by atoms with Crippen molar-refractivity contribution in [1.29, 1.82) is 0 Å². The first-order valence-corrected chi connectivity index (χ1v) is 9.65. The molecule has 0 bridgehead atoms. The minimum absolute atomic E-state index is 0.249. The van der Waals surface area contributed by atoms with E-state index in [2.05, 4.69) is 11.0 Å². The molecule has 5 heteroatoms. The summed E-state index contributed by atoms with van der Waals surface area (Å²) in [5.41, 5.74) is 3.87. The summed E-state index contributed by atoms with van der Waals surface area (Å²) in [6.07, 6.45) is 1.65. The number of hydrogen-bond acceptors (Lipinski definition) is 4. The number of β-amino-alcohol motifs (C(OH)–C–C–N with tert-alkyl or cyclic N) is 1. The van der Waals surface area contributed by atoms with Crippen LogP contribution in [0.5, 0.6) is 5.75 Å². The van der Waals surface area contributed by atoms with Gasteiger partial charge in [0.1, 0.15) is 5.75 Å². The van der Waals surface area contributed by atoms with Crippen molar-refractivity contribution in [3.63, 3.8) is 0 Å². The molecule has 1 atom stereocenters. The largest absolute Gasteiger partial charge is 0.496 e. The van der Waals surface area contributed by atoms with Gasteiger partial charge in [0.2, 0.25) is 0 Å². The van der Waals surface area contributed by atoms with E-state index in [9.17, 15) is 5.11 Å². The molecule has 3 aromatic rings. The van der Waals surface area contributed by atoms with E-state index in [1.54, 1.807) is 7.11 Å². The van der Waals surface area contributed by atoms with Crippen molar-refractivity contribution in [3.8, 4) is 17.0 Å². The minimum atomic E-state index is -0.249. The molecule has 1 aliphatic rings. The average molecular weight is 383 g/mol. The number of aliphatic hydroxyl groups is 1. The maximum atomic E-state index is 10.0. The lowest BCUT2D eigenvalue weighted by molar-refractivity contribution is 0.0669. The van der Waals surface area contributed by atoms with Crippen LogP contribution in [-0.2, 0) is 6.54 Å². The van der Waals surface area contributed by atoms with Gasteiger partial charge in [0.05, 0.1) is 24.4 Å². The molecule has 1 saturated heterocycles. The molecule has 0 amide bonds. The topological polar surface area (TPSA) is 45.6 Å². The molecule has 1 aliphatic heterocycles. The number of aromatic nitrogens is 1. The van der Waals surface area contributed by atoms with E-state index in [0.717, 1.165) is 59.4 Å². The summed E-state index contributed by atoms with van der Waals surface area (Å²) in [6, 6.07) is 15.9. The van der Waals surface area contributed by atoms with Crippen LogP contribution in [0.1, 0.15) is 18.4 Å². The SMILES string of the molecule is COc1ccccc1-c1nc2cc(Cl)ccc2cc1CN1CCC[C@@H](O)C1. The number of pyridine rings is 1. The van der Waals surface area contributed by atoms with Gasteiger partial charge in [-0.25, -0.2) is 4.98 Å². The molecule has 0 unspecified atom stereocenters. The van der Waals surface area contributed by atoms with Gasteiger partial charge < -0.3 is 9.84 Å². The summed E-state index contributed by atoms with van der Waals surface area (Å²) >= 11 is 6.19. The van der Waals surface area contributed by atoms with E-state index in [1.807, 2.05) is 42.5 Å². The van der Waals surface area contributed by atoms with Gasteiger partial charge in [-0.05, 0) is 55.3 Å². The number of benzene rings is 2. The zero-order valence-corrected chi connectivity index (χ0v) is 16.1. The van der Waals surface area contributed by atoms with Gasteiger partial charge in [0, 0.05) is 29.1 Å². The zero-order chi connectivity index (χ0) is 18.8. The first-order valence-electron chi connectivity index (χ1n) is 9.27. The van der Waals surface area contributed by atoms with Crippen LogP contribution in [0, 0.1) is 0 Å². The number of fused-ring (bicyclic) bond motifs is 1. The third-order valence-electron chi connectivity index (χ3n) is 5.10. The number of hydrogen-bond donors (Lipinski definition) is 1. The van der Waals surface area contributed by atoms with Crippen LogP contribution in [0.25, 0.3) is 22.2 Å². The van der Waals surface area contributed by atoms with Crippen molar-refractivity contribution >= 4 is 22.5 Å². The van der Waals surface area contributed by atoms with Crippen molar-refractivity contribution in [1.82, 2.24) is 9.88 Å². The van der Waals surface area contributed by atoms with E-state index < -0.39 is 0 Å². The minimum Gasteiger partial charge on any atom is -0.496 e. The Morgan fingerprint density at radius 2 is 2.07 bits per heavy atom. The highest BCUT2D eigenvalue weighted by Gasteiger charge is 2.21. The predicted molar refractivity (Wildman–Crippen MR) is 109 cm³/mol. The molecule has 2 aromatic carbocycles. The Bertz CT molecular complexity index is 960. The molecule has 4 nitrogen and oxygen atoms in total. The van der Waals surface area contributed by atoms with Crippen molar-refractivity contribution in [2.75, 3.05) is 20.2 Å². The van der Waals surface area contributed by atoms with E-state index in [4.69, 9.17) is 21.3 Å². The quantitative estimate of drug-likeness (QED) is 0.720. The number of ether oxygens (including phenoxy) is 1. The van der Waals surface area contributed by atoms with Crippen LogP contribution in [0.2, 0.25) is 5.02 Å². The Morgan fingerprint density at radius 1 is 1.22 bits per heavy atom. The standard InChI is InChI=1S/C22H23ClN2O2/c1-27-21-7-3-2-6-19(21)22-16(13-25-10-4-5-18(26)14-25)11-15-8-9-17(23)12-20(15)24-22/h2-3,6-9,11-12,18,26H,4-5,10,13-14H2,1H3/t18-/m1/s1. The third kappa shape index (κ3) is 3.93. The number of likely N-dealkylation sites (tertiary alicyclic amines) is 1. The summed E-state index contributed by atoms with van der Waals surface area (Å²) in [5, 5.41) is 11.8. The fourth-order valence-corrected chi connectivity index (χ4v) is 3.96. The molecule has 0 radical (unpaired) electrons. The second-order valence-corrected chi connectivity index (χ2v) is 7.50. The molecule has 0 saturated carbocycles. The lowest BCUT2D eigenvalue weighted by atomic mass is 10.0. The molecule has 27 heavy (non-hydrogen) atoms. The highest BCUT2D eigenvalue weighted by atomic mass is 35.5. The molecular formula is C22H23ClN2O2. The molecule has 4 rings (SSSR count). The van der Waals surface area contributed by atoms with Gasteiger partial charge >= 0.3 is 0 Å². The zero-order valence-electron chi connectivity index (χ0n) is 15.4. The van der Waals surface area contributed by atoms with Crippen molar-refractivity contribution < 1.29 is 9.84 Å². The Balaban J connectivity index is 1.83. The van der Waals surface area contributed by atoms with Gasteiger partial charge in [-0.2, -0.15) is 0 Å². The molecule has 1 aromatic heterocycles. The number of aliphatic hydroxyl groups excluding tert-OH is 1. The van der Waals surface area contributed by atoms with Gasteiger partial charge in [-0.3, -0.25) is 4.90 Å². The summed E-state index contributed by atoms with van der Waals surface area (Å²) in [6.45, 7) is 2.43. The molecule has 0 aliphatic carbocycles. The fraction of sp³-hybridized carbons (Fsp3) is 0.318. The fourth-order valence-electron chi connectivity index (χ4n) is 3.79. The van der Waals surface area contributed by atoms with E-state index >= 15 is 0 Å². The van der Waals surface area contributed by atoms with Gasteiger partial charge in [-0.15, -0.1) is 0 Å². The molecule has 2 heterocycles. The van der Waals surface area contributed by atoms with Crippen LogP contribution in [0.15, 0.2) is 48.5 Å². The Labute approximate surface area is 164 Å². The summed E-state index contributed by atoms with van der Waals surface area (Å²) < 4.78 is 5.58. The van der Waals surface area contributed by atoms with E-state index in [0.29, 0.717) is 11.6 Å². The summed E-state index contributed by atoms with van der Waals surface area (Å²) in [4.78, 5) is 7.24. The maximum Gasteiger partial charge on any atom is 0.128 e. The first kappa shape index (κ1) is 18.2. The molecule has 0 spiro atoms. The highest BCUT2D eigenvalue weighted by Crippen LogP contribution is 2.34. The highest BCUT2D eigenvalue weighted by molar-refractivity contribution is 6.31. The molecule has 1 fully saturated rings. The summed E-state index contributed by atoms with van der Waals surface area (Å²) in [7, 11) is 1.68. The number of nitrogens with zero attached hydrogens (tertiary/aromatic N) is 2. The van der Waals surface area contributed by atoms with Crippen LogP contribution >= 0.6 is 11.6 Å². The maximum absolute atomic E-state index is 10.0. The van der Waals surface area contributed by atoms with Crippen LogP contribution in [0.4, 0.5) is 0 Å². The van der Waals surface area contributed by atoms with Crippen molar-refractivity contribution in [2.24, 2.45) is 0 Å². The second-order valence-electron chi connectivity index (χ2n) is 7.06. The van der Waals surface area contributed by atoms with Gasteiger partial charge in [-0.1, -0.05) is 29.8 Å². The number of para-hydroxylation sites is 1. The second kappa shape index (κ2) is 7.85. The predicted octanol–water partition coefficient (Wildman–Crippen LogP) is 4.52. The first-order chi connectivity index (χ1) is 13.1. The summed E-state index contributed by atoms with van der Waals surface area (Å²) in [5.74, 6) is 0.798. The Hall–Kier alpha value is -2.14. The van der Waals surface area contributed by atoms with Crippen LogP contribution in [0.3, 0.4) is 0 Å². The lowest BCUT2D eigenvalue weighted by Gasteiger charge is -2.30.